The summed E-state index contributed by atoms with van der Waals surface area (Å²) in [5, 5.41) is 18.9. The summed E-state index contributed by atoms with van der Waals surface area (Å²) in [6.45, 7) is 0. The molecule has 85 heavy (non-hydrogen) atoms. The highest BCUT2D eigenvalue weighted by Gasteiger charge is 2.33. The minimum Gasteiger partial charge on any atom is -0.309 e. The van der Waals surface area contributed by atoms with E-state index in [4.69, 9.17) is 15.0 Å². The van der Waals surface area contributed by atoms with Crippen molar-refractivity contribution >= 4 is 97.3 Å². The van der Waals surface area contributed by atoms with Gasteiger partial charge in [-0.15, -0.1) is 10.0 Å². The van der Waals surface area contributed by atoms with Gasteiger partial charge in [-0.25, -0.2) is 0 Å². The molecule has 0 aliphatic heterocycles. The van der Waals surface area contributed by atoms with Crippen molar-refractivity contribution < 1.29 is 0 Å². The van der Waals surface area contributed by atoms with Crippen molar-refractivity contribution in [1.82, 2.24) is 33.2 Å². The third-order valence-electron chi connectivity index (χ3n) is 17.0. The molecule has 398 valence electrons. The molecule has 0 unspecified atom stereocenters. The molecule has 0 fully saturated rings. The van der Waals surface area contributed by atoms with E-state index in [0.717, 1.165) is 93.4 Å². The van der Waals surface area contributed by atoms with Gasteiger partial charge in [0.2, 0.25) is 11.9 Å². The Bertz CT molecular complexity index is 5410. The zero-order valence-corrected chi connectivity index (χ0v) is 46.5. The van der Waals surface area contributed by atoms with E-state index in [1.165, 1.54) is 30.4 Å². The van der Waals surface area contributed by atoms with Crippen molar-refractivity contribution in [2.24, 2.45) is 0 Å². The van der Waals surface area contributed by atoms with E-state index >= 15 is 0 Å². The lowest BCUT2D eigenvalue weighted by molar-refractivity contribution is 0.892. The molecule has 0 radical (unpaired) electrons. The average molecular weight is 1110 g/mol. The van der Waals surface area contributed by atoms with Crippen molar-refractivity contribution in [3.05, 3.63) is 297 Å². The van der Waals surface area contributed by atoms with Crippen LogP contribution < -0.4 is 0 Å². The number of para-hydroxylation sites is 5. The standard InChI is InChI=1S/C76H48N8S/c77-49-50-36-44-71-64(46-50)61-29-13-17-33-68(61)82(71)53-39-43-63-60-28-12-18-34-69(60)84(73(63)48-53)76-79-74(51-37-41-57(42-38-51)85(54-20-4-1-5-21-54,55-22-6-2-7-23-55)56-24-8-3-9-25-56)78-75(80-76)83-70-35-19-14-30-62(70)65-47-52(40-45-72(65)83)81-66-31-15-10-26-58(66)59-27-11-16-32-67(59)81/h1-48H. The molecule has 12 aromatic carbocycles. The van der Waals surface area contributed by atoms with Gasteiger partial charge in [0.05, 0.1) is 55.8 Å². The highest BCUT2D eigenvalue weighted by Crippen LogP contribution is 2.73. The average Bonchev–Trinajstić information content (AvgIpc) is 2.93. The van der Waals surface area contributed by atoms with Gasteiger partial charge in [-0.2, -0.15) is 20.2 Å². The van der Waals surface area contributed by atoms with Gasteiger partial charge in [0.1, 0.15) is 0 Å². The first-order valence-corrected chi connectivity index (χ1v) is 30.1. The van der Waals surface area contributed by atoms with Crippen LogP contribution in [-0.4, -0.2) is 33.2 Å². The Hall–Kier alpha value is -11.3. The quantitative estimate of drug-likeness (QED) is 0.144. The second-order valence-corrected chi connectivity index (χ2v) is 24.6. The van der Waals surface area contributed by atoms with E-state index in [2.05, 4.69) is 303 Å². The predicted molar refractivity (Wildman–Crippen MR) is 347 cm³/mol. The van der Waals surface area contributed by atoms with Crippen molar-refractivity contribution in [3.8, 4) is 40.7 Å². The fraction of sp³-hybridized carbons (Fsp3) is 0. The maximum absolute atomic E-state index is 10.0. The molecule has 9 heteroatoms. The zero-order valence-electron chi connectivity index (χ0n) is 45.7. The van der Waals surface area contributed by atoms with Gasteiger partial charge in [0, 0.05) is 79.6 Å². The van der Waals surface area contributed by atoms with E-state index < -0.39 is 10.0 Å². The number of nitriles is 1. The second-order valence-electron chi connectivity index (χ2n) is 21.5. The number of benzene rings is 12. The van der Waals surface area contributed by atoms with Crippen LogP contribution >= 0.6 is 10.0 Å². The van der Waals surface area contributed by atoms with Gasteiger partial charge in [0.25, 0.3) is 0 Å². The van der Waals surface area contributed by atoms with Gasteiger partial charge in [-0.3, -0.25) is 9.13 Å². The van der Waals surface area contributed by atoms with Gasteiger partial charge in [0.15, 0.2) is 5.82 Å². The molecule has 0 bridgehead atoms. The van der Waals surface area contributed by atoms with Gasteiger partial charge >= 0.3 is 0 Å². The minimum atomic E-state index is -1.97. The van der Waals surface area contributed by atoms with Crippen LogP contribution in [0.25, 0.3) is 122 Å². The van der Waals surface area contributed by atoms with Gasteiger partial charge in [-0.05, 0) is 127 Å². The van der Waals surface area contributed by atoms with Crippen LogP contribution in [0.1, 0.15) is 5.56 Å². The Morgan fingerprint density at radius 1 is 0.271 bits per heavy atom. The monoisotopic (exact) mass is 1100 g/mol. The summed E-state index contributed by atoms with van der Waals surface area (Å²) in [4.78, 5) is 21.8. The lowest BCUT2D eigenvalue weighted by Gasteiger charge is -2.42. The molecule has 8 nitrogen and oxygen atoms in total. The van der Waals surface area contributed by atoms with E-state index in [-0.39, 0.29) is 0 Å². The van der Waals surface area contributed by atoms with Crippen LogP contribution in [0.15, 0.2) is 311 Å². The number of aromatic nitrogens is 7. The Morgan fingerprint density at radius 2 is 0.624 bits per heavy atom. The zero-order chi connectivity index (χ0) is 56.2. The molecule has 0 atom stereocenters. The molecule has 0 spiro atoms. The molecule has 17 aromatic rings. The summed E-state index contributed by atoms with van der Waals surface area (Å²) in [5.41, 5.74) is 11.8. The third kappa shape index (κ3) is 7.32. The van der Waals surface area contributed by atoms with Gasteiger partial charge < -0.3 is 9.13 Å². The fourth-order valence-electron chi connectivity index (χ4n) is 13.3. The first-order valence-electron chi connectivity index (χ1n) is 28.5. The minimum absolute atomic E-state index is 0.485. The van der Waals surface area contributed by atoms with Crippen molar-refractivity contribution in [3.63, 3.8) is 0 Å². The second kappa shape index (κ2) is 19.1. The number of hydrogen-bond acceptors (Lipinski definition) is 4. The Morgan fingerprint density at radius 3 is 1.12 bits per heavy atom. The first-order chi connectivity index (χ1) is 42.1. The molecule has 5 aromatic heterocycles. The molecule has 17 rings (SSSR count). The summed E-state index contributed by atoms with van der Waals surface area (Å²) >= 11 is 0. The van der Waals surface area contributed by atoms with Crippen LogP contribution in [0.5, 0.6) is 0 Å². The largest absolute Gasteiger partial charge is 0.309 e. The molecule has 0 amide bonds. The van der Waals surface area contributed by atoms with Crippen LogP contribution in [-0.2, 0) is 0 Å². The topological polar surface area (TPSA) is 82.2 Å². The number of fused-ring (bicyclic) bond motifs is 12. The lowest BCUT2D eigenvalue weighted by Crippen LogP contribution is -2.10. The SMILES string of the molecule is N#Cc1ccc2c(c1)c1ccccc1n2-c1ccc2c3ccccc3n(-c3nc(-c4ccc(S(c5ccccc5)(c5ccccc5)c5ccccc5)cc4)nc(-n4c5ccccc5c5cc(-n6c7ccccc7c7ccccc76)ccc54)n3)c2c1. The molecule has 5 heterocycles. The molecule has 0 saturated carbocycles. The van der Waals surface area contributed by atoms with Gasteiger partial charge in [-0.1, -0.05) is 164 Å². The molecule has 0 aliphatic carbocycles. The van der Waals surface area contributed by atoms with Crippen LogP contribution in [0, 0.1) is 11.3 Å². The molecule has 0 aliphatic rings. The van der Waals surface area contributed by atoms with E-state index in [1.54, 1.807) is 0 Å². The highest BCUT2D eigenvalue weighted by molar-refractivity contribution is 8.34. The summed E-state index contributed by atoms with van der Waals surface area (Å²) in [5.74, 6) is 1.52. The van der Waals surface area contributed by atoms with E-state index in [1.807, 2.05) is 12.1 Å². The maximum Gasteiger partial charge on any atom is 0.240 e. The summed E-state index contributed by atoms with van der Waals surface area (Å²) in [6, 6.07) is 106. The summed E-state index contributed by atoms with van der Waals surface area (Å²) in [6.07, 6.45) is 0. The number of rotatable bonds is 9. The van der Waals surface area contributed by atoms with Crippen molar-refractivity contribution in [2.45, 2.75) is 19.6 Å². The molecule has 0 N–H and O–H groups in total. The fourth-order valence-corrected chi connectivity index (χ4v) is 17.2. The summed E-state index contributed by atoms with van der Waals surface area (Å²) < 4.78 is 9.10. The number of nitrogens with zero attached hydrogens (tertiary/aromatic N) is 8. The Balaban J connectivity index is 0.920. The number of hydrogen-bond donors (Lipinski definition) is 0. The van der Waals surface area contributed by atoms with Crippen LogP contribution in [0.2, 0.25) is 0 Å². The van der Waals surface area contributed by atoms with Crippen molar-refractivity contribution in [2.75, 3.05) is 0 Å². The van der Waals surface area contributed by atoms with Crippen LogP contribution in [0.3, 0.4) is 0 Å². The molecular formula is C76H48N8S. The first kappa shape index (κ1) is 48.4. The van der Waals surface area contributed by atoms with E-state index in [0.29, 0.717) is 23.3 Å². The van der Waals surface area contributed by atoms with Crippen LogP contribution in [0.4, 0.5) is 0 Å². The third-order valence-corrected chi connectivity index (χ3v) is 20.9. The Labute approximate surface area is 489 Å². The molecular weight excluding hydrogens is 1060 g/mol. The maximum atomic E-state index is 10.0. The highest BCUT2D eigenvalue weighted by atomic mass is 32.3. The smallest absolute Gasteiger partial charge is 0.240 e. The molecule has 0 saturated heterocycles. The summed E-state index contributed by atoms with van der Waals surface area (Å²) in [7, 11) is -1.97. The normalized spacial score (nSPS) is 12.2. The van der Waals surface area contributed by atoms with Crippen molar-refractivity contribution in [1.29, 1.82) is 5.26 Å². The van der Waals surface area contributed by atoms with E-state index in [9.17, 15) is 5.26 Å². The lowest BCUT2D eigenvalue weighted by atomic mass is 10.1. The Kier molecular flexibility index (Phi) is 10.9. The predicted octanol–water partition coefficient (Wildman–Crippen LogP) is 19.1.